The highest BCUT2D eigenvalue weighted by molar-refractivity contribution is 5.98. The molecule has 0 bridgehead atoms. The van der Waals surface area contributed by atoms with E-state index >= 15 is 0 Å². The lowest BCUT2D eigenvalue weighted by atomic mass is 10.2. The zero-order valence-corrected chi connectivity index (χ0v) is 10.7. The van der Waals surface area contributed by atoms with Gasteiger partial charge in [-0.05, 0) is 5.56 Å². The van der Waals surface area contributed by atoms with Crippen LogP contribution in [0, 0.1) is 0 Å². The first-order valence-corrected chi connectivity index (χ1v) is 5.50. The lowest BCUT2D eigenvalue weighted by Crippen LogP contribution is -2.31. The van der Waals surface area contributed by atoms with Crippen molar-refractivity contribution in [2.24, 2.45) is 10.8 Å². The quantitative estimate of drug-likeness (QED) is 0.386. The molecule has 0 aliphatic heterocycles. The Hall–Kier alpha value is -1.84. The number of nitrogens with one attached hydrogen (secondary N) is 1. The predicted molar refractivity (Wildman–Crippen MR) is 77.7 cm³/mol. The number of halogens is 1. The van der Waals surface area contributed by atoms with Gasteiger partial charge in [-0.2, -0.15) is 0 Å². The molecule has 0 saturated carbocycles. The van der Waals surface area contributed by atoms with Crippen LogP contribution in [-0.2, 0) is 6.54 Å². The van der Waals surface area contributed by atoms with Crippen molar-refractivity contribution in [3.8, 4) is 0 Å². The minimum absolute atomic E-state index is 0. The largest absolute Gasteiger partial charge is 0.308 e. The first-order valence-electron chi connectivity index (χ1n) is 5.50. The van der Waals surface area contributed by atoms with Gasteiger partial charge in [0.1, 0.15) is 5.84 Å². The zero-order chi connectivity index (χ0) is 11.9. The van der Waals surface area contributed by atoms with Gasteiger partial charge in [-0.25, -0.2) is 5.84 Å². The molecule has 3 N–H and O–H groups in total. The number of hydrogen-bond acceptors (Lipinski definition) is 2. The van der Waals surface area contributed by atoms with Crippen LogP contribution in [0.1, 0.15) is 11.1 Å². The predicted octanol–water partition coefficient (Wildman–Crippen LogP) is 2.52. The number of rotatable bonds is 3. The molecule has 0 aromatic heterocycles. The van der Waals surface area contributed by atoms with E-state index in [1.807, 2.05) is 60.7 Å². The van der Waals surface area contributed by atoms with Crippen LogP contribution in [-0.4, -0.2) is 5.84 Å². The van der Waals surface area contributed by atoms with E-state index in [9.17, 15) is 0 Å². The minimum Gasteiger partial charge on any atom is -0.308 e. The summed E-state index contributed by atoms with van der Waals surface area (Å²) in [5.74, 6) is 6.19. The third-order valence-corrected chi connectivity index (χ3v) is 2.45. The first-order chi connectivity index (χ1) is 8.40. The molecular weight excluding hydrogens is 246 g/mol. The topological polar surface area (TPSA) is 50.4 Å². The third kappa shape index (κ3) is 3.87. The molecule has 18 heavy (non-hydrogen) atoms. The van der Waals surface area contributed by atoms with Gasteiger partial charge < -0.3 is 5.43 Å². The number of hydrazine groups is 1. The molecule has 0 saturated heterocycles. The van der Waals surface area contributed by atoms with Crippen molar-refractivity contribution >= 4 is 18.2 Å². The van der Waals surface area contributed by atoms with Crippen LogP contribution in [0.3, 0.4) is 0 Å². The average Bonchev–Trinajstić information content (AvgIpc) is 2.42. The lowest BCUT2D eigenvalue weighted by Gasteiger charge is -2.05. The van der Waals surface area contributed by atoms with Crippen molar-refractivity contribution in [2.45, 2.75) is 6.54 Å². The maximum absolute atomic E-state index is 5.49. The number of hydrogen-bond donors (Lipinski definition) is 2. The van der Waals surface area contributed by atoms with Crippen molar-refractivity contribution in [3.63, 3.8) is 0 Å². The van der Waals surface area contributed by atoms with Crippen LogP contribution in [0.2, 0.25) is 0 Å². The monoisotopic (exact) mass is 261 g/mol. The number of benzene rings is 2. The van der Waals surface area contributed by atoms with E-state index in [2.05, 4.69) is 10.4 Å². The third-order valence-electron chi connectivity index (χ3n) is 2.45. The van der Waals surface area contributed by atoms with Gasteiger partial charge in [0.05, 0.1) is 6.54 Å². The van der Waals surface area contributed by atoms with Gasteiger partial charge in [0.15, 0.2) is 0 Å². The standard InChI is InChI=1S/C14H15N3.ClH/c15-17-14(13-9-5-2-6-10-13)16-11-12-7-3-1-4-8-12;/h1-10H,11,15H2,(H,16,17);1H. The molecule has 4 heteroatoms. The maximum Gasteiger partial charge on any atom is 0.142 e. The summed E-state index contributed by atoms with van der Waals surface area (Å²) in [5.41, 5.74) is 4.79. The van der Waals surface area contributed by atoms with Gasteiger partial charge in [0.25, 0.3) is 0 Å². The van der Waals surface area contributed by atoms with Crippen LogP contribution >= 0.6 is 12.4 Å². The fourth-order valence-corrected chi connectivity index (χ4v) is 1.57. The Labute approximate surface area is 113 Å². The molecule has 94 valence electrons. The molecule has 0 aliphatic carbocycles. The Morgan fingerprint density at radius 3 is 2.06 bits per heavy atom. The molecule has 2 aromatic carbocycles. The van der Waals surface area contributed by atoms with Crippen molar-refractivity contribution in [1.29, 1.82) is 0 Å². The number of aliphatic imine (C=N–C) groups is 1. The Balaban J connectivity index is 0.00000162. The number of amidine groups is 1. The SMILES string of the molecule is Cl.NNC(=NCc1ccccc1)c1ccccc1. The summed E-state index contributed by atoms with van der Waals surface area (Å²) in [6.07, 6.45) is 0. The minimum atomic E-state index is 0. The summed E-state index contributed by atoms with van der Waals surface area (Å²) in [6.45, 7) is 0.620. The van der Waals surface area contributed by atoms with Gasteiger partial charge in [-0.15, -0.1) is 12.4 Å². The molecular formula is C14H16ClN3. The number of nitrogens with zero attached hydrogens (tertiary/aromatic N) is 1. The molecule has 0 atom stereocenters. The van der Waals surface area contributed by atoms with Crippen LogP contribution in [0.4, 0.5) is 0 Å². The summed E-state index contributed by atoms with van der Waals surface area (Å²) in [7, 11) is 0. The van der Waals surface area contributed by atoms with E-state index in [1.54, 1.807) is 0 Å². The van der Waals surface area contributed by atoms with Crippen LogP contribution in [0.5, 0.6) is 0 Å². The van der Waals surface area contributed by atoms with Gasteiger partial charge in [-0.3, -0.25) is 4.99 Å². The molecule has 0 aliphatic rings. The lowest BCUT2D eigenvalue weighted by molar-refractivity contribution is 0.973. The fourth-order valence-electron chi connectivity index (χ4n) is 1.57. The molecule has 0 heterocycles. The fraction of sp³-hybridized carbons (Fsp3) is 0.0714. The second-order valence-electron chi connectivity index (χ2n) is 3.66. The van der Waals surface area contributed by atoms with Gasteiger partial charge >= 0.3 is 0 Å². The smallest absolute Gasteiger partial charge is 0.142 e. The molecule has 0 fully saturated rings. The Morgan fingerprint density at radius 2 is 1.50 bits per heavy atom. The highest BCUT2D eigenvalue weighted by atomic mass is 35.5. The average molecular weight is 262 g/mol. The molecule has 0 unspecified atom stereocenters. The molecule has 2 aromatic rings. The van der Waals surface area contributed by atoms with Crippen LogP contribution in [0.15, 0.2) is 65.7 Å². The Morgan fingerprint density at radius 1 is 0.944 bits per heavy atom. The van der Waals surface area contributed by atoms with E-state index < -0.39 is 0 Å². The van der Waals surface area contributed by atoms with Crippen molar-refractivity contribution < 1.29 is 0 Å². The molecule has 0 amide bonds. The van der Waals surface area contributed by atoms with Crippen LogP contribution < -0.4 is 11.3 Å². The summed E-state index contributed by atoms with van der Waals surface area (Å²) < 4.78 is 0. The van der Waals surface area contributed by atoms with Gasteiger partial charge in [0, 0.05) is 5.56 Å². The second kappa shape index (κ2) is 7.48. The maximum atomic E-state index is 5.49. The Kier molecular flexibility index (Phi) is 5.91. The summed E-state index contributed by atoms with van der Waals surface area (Å²) in [5, 5.41) is 0. The highest BCUT2D eigenvalue weighted by Crippen LogP contribution is 2.03. The van der Waals surface area contributed by atoms with E-state index in [0.29, 0.717) is 12.4 Å². The van der Waals surface area contributed by atoms with E-state index in [-0.39, 0.29) is 12.4 Å². The van der Waals surface area contributed by atoms with Gasteiger partial charge in [-0.1, -0.05) is 60.7 Å². The summed E-state index contributed by atoms with van der Waals surface area (Å²) >= 11 is 0. The first kappa shape index (κ1) is 14.2. The normalized spacial score (nSPS) is 10.6. The Bertz CT molecular complexity index is 483. The molecule has 0 spiro atoms. The molecule has 0 radical (unpaired) electrons. The van der Waals surface area contributed by atoms with Crippen molar-refractivity contribution in [3.05, 3.63) is 71.8 Å². The molecule has 3 nitrogen and oxygen atoms in total. The van der Waals surface area contributed by atoms with E-state index in [0.717, 1.165) is 11.1 Å². The number of nitrogens with two attached hydrogens (primary N) is 1. The summed E-state index contributed by atoms with van der Waals surface area (Å²) in [4.78, 5) is 4.46. The second-order valence-corrected chi connectivity index (χ2v) is 3.66. The van der Waals surface area contributed by atoms with E-state index in [4.69, 9.17) is 5.84 Å². The van der Waals surface area contributed by atoms with Crippen LogP contribution in [0.25, 0.3) is 0 Å². The summed E-state index contributed by atoms with van der Waals surface area (Å²) in [6, 6.07) is 19.9. The zero-order valence-electron chi connectivity index (χ0n) is 9.91. The van der Waals surface area contributed by atoms with E-state index in [1.165, 1.54) is 0 Å². The van der Waals surface area contributed by atoms with Crippen molar-refractivity contribution in [1.82, 2.24) is 5.43 Å². The highest BCUT2D eigenvalue weighted by Gasteiger charge is 1.99. The molecule has 2 rings (SSSR count). The van der Waals surface area contributed by atoms with Gasteiger partial charge in [0.2, 0.25) is 0 Å². The van der Waals surface area contributed by atoms with Crippen molar-refractivity contribution in [2.75, 3.05) is 0 Å².